The maximum atomic E-state index is 12.2. The molecular weight excluding hydrogens is 409 g/mol. The number of nitrogens with zero attached hydrogens (tertiary/aromatic N) is 4. The molecule has 1 aliphatic rings. The molecule has 0 amide bonds. The minimum absolute atomic E-state index is 0.0351. The third-order valence-electron chi connectivity index (χ3n) is 4.88. The molecule has 0 bridgehead atoms. The van der Waals surface area contributed by atoms with E-state index in [0.717, 1.165) is 16.7 Å². The Labute approximate surface area is 177 Å². The van der Waals surface area contributed by atoms with Crippen molar-refractivity contribution in [3.63, 3.8) is 0 Å². The molecule has 1 aliphatic heterocycles. The molecule has 0 saturated heterocycles. The fourth-order valence-corrected chi connectivity index (χ4v) is 4.07. The quantitative estimate of drug-likeness (QED) is 0.627. The van der Waals surface area contributed by atoms with Crippen LogP contribution in [-0.2, 0) is 7.05 Å². The molecule has 0 saturated carbocycles. The zero-order valence-electron chi connectivity index (χ0n) is 15.4. The molecule has 4 rings (SSSR count). The summed E-state index contributed by atoms with van der Waals surface area (Å²) in [6.45, 7) is 7.91. The molecule has 0 radical (unpaired) electrons. The highest BCUT2D eigenvalue weighted by Gasteiger charge is 2.23. The molecule has 6 nitrogen and oxygen atoms in total. The molecule has 0 atom stereocenters. The maximum Gasteiger partial charge on any atom is 0.214 e. The van der Waals surface area contributed by atoms with Gasteiger partial charge in [0.1, 0.15) is 6.54 Å². The van der Waals surface area contributed by atoms with E-state index in [1.807, 2.05) is 12.1 Å². The highest BCUT2D eigenvalue weighted by molar-refractivity contribution is 6.37. The number of aromatic nitrogens is 2. The highest BCUT2D eigenvalue weighted by atomic mass is 35.5. The Bertz CT molecular complexity index is 1240. The van der Waals surface area contributed by atoms with E-state index < -0.39 is 0 Å². The summed E-state index contributed by atoms with van der Waals surface area (Å²) in [6, 6.07) is 8.79. The molecule has 0 unspecified atom stereocenters. The van der Waals surface area contributed by atoms with E-state index >= 15 is 0 Å². The van der Waals surface area contributed by atoms with Gasteiger partial charge in [0, 0.05) is 45.9 Å². The van der Waals surface area contributed by atoms with Crippen LogP contribution in [0.25, 0.3) is 27.2 Å². The van der Waals surface area contributed by atoms with Gasteiger partial charge in [0.15, 0.2) is 5.78 Å². The van der Waals surface area contributed by atoms with Crippen molar-refractivity contribution in [3.8, 4) is 22.4 Å². The first-order valence-electron chi connectivity index (χ1n) is 8.74. The number of nitrogens with two attached hydrogens (primary N) is 1. The lowest BCUT2D eigenvalue weighted by atomic mass is 9.91. The highest BCUT2D eigenvalue weighted by Crippen LogP contribution is 2.43. The predicted octanol–water partition coefficient (Wildman–Crippen LogP) is 4.56. The first kappa shape index (κ1) is 19.3. The Kier molecular flexibility index (Phi) is 4.97. The summed E-state index contributed by atoms with van der Waals surface area (Å²) in [5.74, 6) is -0.0351. The smallest absolute Gasteiger partial charge is 0.214 e. The number of Topliss-reactive ketones (excluding diaryl/α,β-unsaturated/α-hetero) is 1. The molecule has 8 heteroatoms. The molecule has 3 aromatic rings. The van der Waals surface area contributed by atoms with Crippen molar-refractivity contribution < 1.29 is 4.79 Å². The van der Waals surface area contributed by atoms with Crippen molar-refractivity contribution in [2.45, 2.75) is 0 Å². The van der Waals surface area contributed by atoms with Gasteiger partial charge in [0.25, 0.3) is 0 Å². The topological polar surface area (TPSA) is 77.6 Å². The number of benzene rings is 2. The van der Waals surface area contributed by atoms with Crippen molar-refractivity contribution >= 4 is 40.4 Å². The number of aryl methyl sites for hydroxylation is 1. The van der Waals surface area contributed by atoms with Gasteiger partial charge in [0.2, 0.25) is 5.69 Å². The zero-order chi connectivity index (χ0) is 20.7. The second kappa shape index (κ2) is 7.45. The molecule has 0 spiro atoms. The number of hydrogen-bond acceptors (Lipinski definition) is 4. The number of aliphatic imine (C=N–C) groups is 1. The Balaban J connectivity index is 1.95. The summed E-state index contributed by atoms with van der Waals surface area (Å²) >= 11 is 12.5. The van der Waals surface area contributed by atoms with Crippen LogP contribution in [0.4, 0.5) is 5.69 Å². The second-order valence-corrected chi connectivity index (χ2v) is 7.42. The van der Waals surface area contributed by atoms with Gasteiger partial charge in [-0.25, -0.2) is 4.85 Å². The molecule has 2 heterocycles. The fourth-order valence-electron chi connectivity index (χ4n) is 3.53. The van der Waals surface area contributed by atoms with Gasteiger partial charge in [0.05, 0.1) is 24.2 Å². The lowest BCUT2D eigenvalue weighted by molar-refractivity contribution is 0.1000. The normalized spacial score (nSPS) is 13.1. The first-order valence-corrected chi connectivity index (χ1v) is 9.50. The van der Waals surface area contributed by atoms with Crippen LogP contribution < -0.4 is 5.73 Å². The van der Waals surface area contributed by atoms with Crippen molar-refractivity contribution in [2.24, 2.45) is 17.8 Å². The van der Waals surface area contributed by atoms with E-state index in [-0.39, 0.29) is 23.9 Å². The average Bonchev–Trinajstić information content (AvgIpc) is 3.09. The molecule has 1 aromatic heterocycles. The van der Waals surface area contributed by atoms with Crippen LogP contribution in [0.1, 0.15) is 15.9 Å². The lowest BCUT2D eigenvalue weighted by Gasteiger charge is -2.17. The van der Waals surface area contributed by atoms with Gasteiger partial charge in [-0.1, -0.05) is 35.3 Å². The Morgan fingerprint density at radius 2 is 1.97 bits per heavy atom. The van der Waals surface area contributed by atoms with Crippen LogP contribution >= 0.6 is 23.2 Å². The van der Waals surface area contributed by atoms with Crippen molar-refractivity contribution in [1.82, 2.24) is 9.78 Å². The van der Waals surface area contributed by atoms with E-state index in [0.29, 0.717) is 33.2 Å². The minimum Gasteiger partial charge on any atom is -0.325 e. The van der Waals surface area contributed by atoms with Gasteiger partial charge in [-0.05, 0) is 23.8 Å². The van der Waals surface area contributed by atoms with Crippen molar-refractivity contribution in [1.29, 1.82) is 0 Å². The summed E-state index contributed by atoms with van der Waals surface area (Å²) < 4.78 is 1.68. The third-order valence-corrected chi connectivity index (χ3v) is 5.39. The van der Waals surface area contributed by atoms with Gasteiger partial charge in [-0.3, -0.25) is 14.5 Å². The Hall–Kier alpha value is -2.98. The monoisotopic (exact) mass is 423 g/mol. The van der Waals surface area contributed by atoms with Crippen LogP contribution in [0.5, 0.6) is 0 Å². The third kappa shape index (κ3) is 3.23. The van der Waals surface area contributed by atoms with Crippen molar-refractivity contribution in [2.75, 3.05) is 13.1 Å². The van der Waals surface area contributed by atoms with Gasteiger partial charge >= 0.3 is 0 Å². The Morgan fingerprint density at radius 3 is 2.69 bits per heavy atom. The van der Waals surface area contributed by atoms with E-state index in [4.69, 9.17) is 35.5 Å². The molecule has 0 aliphatic carbocycles. The number of fused-ring (bicyclic) bond motifs is 1. The molecular formula is C21H15Cl2N5O. The largest absolute Gasteiger partial charge is 0.325 e. The summed E-state index contributed by atoms with van der Waals surface area (Å²) in [5.41, 5.74) is 11.1. The van der Waals surface area contributed by atoms with E-state index in [9.17, 15) is 4.79 Å². The minimum atomic E-state index is -0.0351. The number of ketones is 1. The summed E-state index contributed by atoms with van der Waals surface area (Å²) in [6.07, 6.45) is 1.71. The number of halogens is 2. The first-order chi connectivity index (χ1) is 13.9. The number of carbonyl (C=O) groups excluding carboxylic acids is 1. The van der Waals surface area contributed by atoms with Crippen LogP contribution in [0.2, 0.25) is 10.0 Å². The second-order valence-electron chi connectivity index (χ2n) is 6.58. The number of carbonyl (C=O) groups is 1. The molecule has 29 heavy (non-hydrogen) atoms. The number of rotatable bonds is 3. The van der Waals surface area contributed by atoms with E-state index in [2.05, 4.69) is 14.9 Å². The average molecular weight is 424 g/mol. The zero-order valence-corrected chi connectivity index (χ0v) is 16.9. The van der Waals surface area contributed by atoms with Gasteiger partial charge in [-0.2, -0.15) is 5.10 Å². The SMILES string of the molecule is [C-]#[N+]c1c(Cl)cc(Cl)cc1-c1c(-c2ccc3c(c2)C(CN)=NCC3=O)cnn1C. The van der Waals surface area contributed by atoms with Crippen LogP contribution in [0, 0.1) is 6.57 Å². The molecule has 2 aromatic carbocycles. The standard InChI is InChI=1S/C21H15Cl2N5O/c1-25-20-15(6-12(22)7-17(20)23)21-16(9-27-28(21)2)11-3-4-13-14(5-11)18(8-24)26-10-19(13)29/h3-7,9H,8,10,24H2,2H3. The summed E-state index contributed by atoms with van der Waals surface area (Å²) in [7, 11) is 1.79. The van der Waals surface area contributed by atoms with Gasteiger partial charge in [-0.15, -0.1) is 0 Å². The fraction of sp³-hybridized carbons (Fsp3) is 0.143. The maximum absolute atomic E-state index is 12.2. The summed E-state index contributed by atoms with van der Waals surface area (Å²) in [4.78, 5) is 20.1. The van der Waals surface area contributed by atoms with E-state index in [1.165, 1.54) is 0 Å². The van der Waals surface area contributed by atoms with Crippen LogP contribution in [-0.4, -0.2) is 34.4 Å². The lowest BCUT2D eigenvalue weighted by Crippen LogP contribution is -2.24. The predicted molar refractivity (Wildman–Crippen MR) is 115 cm³/mol. The number of hydrogen-bond donors (Lipinski definition) is 1. The molecule has 2 N–H and O–H groups in total. The molecule has 144 valence electrons. The van der Waals surface area contributed by atoms with E-state index in [1.54, 1.807) is 36.1 Å². The Morgan fingerprint density at radius 1 is 1.17 bits per heavy atom. The molecule has 0 fully saturated rings. The van der Waals surface area contributed by atoms with Gasteiger partial charge < -0.3 is 5.73 Å². The van der Waals surface area contributed by atoms with Crippen LogP contribution in [0.3, 0.4) is 0 Å². The van der Waals surface area contributed by atoms with Crippen molar-refractivity contribution in [3.05, 3.63) is 69.1 Å². The summed E-state index contributed by atoms with van der Waals surface area (Å²) in [5, 5.41) is 5.09. The van der Waals surface area contributed by atoms with Crippen LogP contribution in [0.15, 0.2) is 41.5 Å².